The molecule has 0 aromatic carbocycles. The number of hydrogen-bond donors (Lipinski definition) is 0. The van der Waals surface area contributed by atoms with Crippen LogP contribution in [-0.2, 0) is 26.2 Å². The van der Waals surface area contributed by atoms with E-state index in [9.17, 15) is 0 Å². The summed E-state index contributed by atoms with van der Waals surface area (Å²) in [6, 6.07) is 0. The van der Waals surface area contributed by atoms with Crippen molar-refractivity contribution in [1.29, 1.82) is 0 Å². The first-order valence-corrected chi connectivity index (χ1v) is 0. The van der Waals surface area contributed by atoms with Crippen LogP contribution < -0.4 is 0 Å². The van der Waals surface area contributed by atoms with E-state index in [1.54, 1.807) is 0 Å². The van der Waals surface area contributed by atoms with Crippen molar-refractivity contribution in [2.24, 2.45) is 0 Å². The molecule has 0 unspecified atom stereocenters. The standard InChI is InChI=1S/Ce.3H2O.Zr/h;3*1H2;/q+3;;;;/p-3. The molecule has 0 bridgehead atoms. The molecule has 0 heterocycles. The Morgan fingerprint density at radius 3 is 0.600 bits per heavy atom. The second-order valence-electron chi connectivity index (χ2n) is 0. The summed E-state index contributed by atoms with van der Waals surface area (Å²) in [5.41, 5.74) is 0. The van der Waals surface area contributed by atoms with Crippen LogP contribution in [0.25, 0.3) is 0 Å². The van der Waals surface area contributed by atoms with Crippen molar-refractivity contribution in [2.45, 2.75) is 0 Å². The molecule has 0 fully saturated rings. The van der Waals surface area contributed by atoms with Gasteiger partial charge in [0.25, 0.3) is 0 Å². The van der Waals surface area contributed by atoms with Gasteiger partial charge in [0, 0.05) is 26.2 Å². The van der Waals surface area contributed by atoms with Crippen LogP contribution in [0.3, 0.4) is 0 Å². The molecule has 0 aliphatic carbocycles. The monoisotopic (exact) mass is 281 g/mol. The van der Waals surface area contributed by atoms with Gasteiger partial charge in [-0.05, 0) is 0 Å². The van der Waals surface area contributed by atoms with Crippen molar-refractivity contribution in [3.63, 3.8) is 0 Å². The predicted molar refractivity (Wildman–Crippen MR) is 5.81 cm³/mol. The zero-order valence-corrected chi connectivity index (χ0v) is 7.94. The Bertz CT molecular complexity index is 6.85. The molecular weight excluding hydrogens is 279 g/mol. The van der Waals surface area contributed by atoms with Gasteiger partial charge in [0.1, 0.15) is 0 Å². The van der Waals surface area contributed by atoms with Crippen molar-refractivity contribution >= 4 is 0 Å². The van der Waals surface area contributed by atoms with Gasteiger partial charge < -0.3 is 16.4 Å². The third-order valence-corrected chi connectivity index (χ3v) is 0. The predicted octanol–water partition coefficient (Wildman–Crippen LogP) is -0.533. The minimum atomic E-state index is 0. The van der Waals surface area contributed by atoms with E-state index in [0.29, 0.717) is 0 Å². The van der Waals surface area contributed by atoms with Gasteiger partial charge in [-0.1, -0.05) is 0 Å². The summed E-state index contributed by atoms with van der Waals surface area (Å²) in [6.45, 7) is 0. The molecule has 0 aliphatic heterocycles. The molecule has 3 N–H and O–H groups in total. The topological polar surface area (TPSA) is 90.0 Å². The molecule has 5 heteroatoms. The molecule has 0 saturated heterocycles. The van der Waals surface area contributed by atoms with Crippen LogP contribution in [0.5, 0.6) is 0 Å². The summed E-state index contributed by atoms with van der Waals surface area (Å²) in [7, 11) is 0. The van der Waals surface area contributed by atoms with E-state index in [1.165, 1.54) is 0 Å². The molecular formula is H3CeO3Zr. The maximum atomic E-state index is 0. The van der Waals surface area contributed by atoms with Gasteiger partial charge in [-0.15, -0.1) is 0 Å². The van der Waals surface area contributed by atoms with Gasteiger partial charge in [-0.3, -0.25) is 0 Å². The van der Waals surface area contributed by atoms with Crippen molar-refractivity contribution in [1.82, 2.24) is 0 Å². The SMILES string of the molecule is [Ce+3].[OH-].[OH-].[OH-].[Zr]. The Hall–Kier alpha value is 2.14. The molecule has 1 radical (unpaired) electrons. The molecule has 0 rings (SSSR count). The minimum absolute atomic E-state index is 0. The molecule has 0 spiro atoms. The molecule has 0 aromatic rings. The molecule has 5 heavy (non-hydrogen) atoms. The first-order valence-electron chi connectivity index (χ1n) is 0. The first-order chi connectivity index (χ1) is 0. The Morgan fingerprint density at radius 2 is 0.600 bits per heavy atom. The van der Waals surface area contributed by atoms with E-state index < -0.39 is 0 Å². The Balaban J connectivity index is 0. The molecule has 0 aromatic heterocycles. The zero-order chi connectivity index (χ0) is 0. The third-order valence-electron chi connectivity index (χ3n) is 0. The zero-order valence-electron chi connectivity index (χ0n) is 2.34. The fraction of sp³-hybridized carbons (Fsp3) is 0. The molecule has 0 amide bonds. The number of hydrogen-bond acceptors (Lipinski definition) is 3. The molecule has 29 valence electrons. The first kappa shape index (κ1) is 58.8. The summed E-state index contributed by atoms with van der Waals surface area (Å²) in [4.78, 5) is 0. The maximum Gasteiger partial charge on any atom is 3.00 e. The maximum absolute atomic E-state index is 0. The van der Waals surface area contributed by atoms with Crippen LogP contribution in [-0.4, -0.2) is 16.4 Å². The Kier molecular flexibility index (Phi) is 416. The van der Waals surface area contributed by atoms with Crippen molar-refractivity contribution in [3.05, 3.63) is 0 Å². The van der Waals surface area contributed by atoms with Gasteiger partial charge in [-0.2, -0.15) is 0 Å². The molecule has 3 nitrogen and oxygen atoms in total. The van der Waals surface area contributed by atoms with E-state index in [4.69, 9.17) is 0 Å². The second kappa shape index (κ2) is 35.4. The van der Waals surface area contributed by atoms with E-state index in [2.05, 4.69) is 0 Å². The molecule has 0 saturated carbocycles. The van der Waals surface area contributed by atoms with Crippen molar-refractivity contribution < 1.29 is 84.4 Å². The third kappa shape index (κ3) is 23.0. The van der Waals surface area contributed by atoms with Crippen molar-refractivity contribution in [2.75, 3.05) is 0 Å². The van der Waals surface area contributed by atoms with Gasteiger partial charge >= 0.3 is 41.7 Å². The van der Waals surface area contributed by atoms with Gasteiger partial charge in [0.05, 0.1) is 0 Å². The summed E-state index contributed by atoms with van der Waals surface area (Å²) in [6.07, 6.45) is 0. The fourth-order valence-corrected chi connectivity index (χ4v) is 0. The average Bonchev–Trinajstić information content (AvgIpc) is 0. The van der Waals surface area contributed by atoms with Gasteiger partial charge in [0.15, 0.2) is 0 Å². The largest absolute Gasteiger partial charge is 3.00 e. The van der Waals surface area contributed by atoms with Crippen LogP contribution in [0, 0.1) is 41.7 Å². The summed E-state index contributed by atoms with van der Waals surface area (Å²) < 4.78 is 0. The van der Waals surface area contributed by atoms with Gasteiger partial charge in [-0.25, -0.2) is 0 Å². The van der Waals surface area contributed by atoms with E-state index >= 15 is 0 Å². The Morgan fingerprint density at radius 1 is 0.600 bits per heavy atom. The van der Waals surface area contributed by atoms with E-state index in [0.717, 1.165) is 0 Å². The van der Waals surface area contributed by atoms with Crippen LogP contribution in [0.4, 0.5) is 0 Å². The summed E-state index contributed by atoms with van der Waals surface area (Å²) in [5, 5.41) is 0. The quantitative estimate of drug-likeness (QED) is 0.598. The minimum Gasteiger partial charge on any atom is -0.870 e. The van der Waals surface area contributed by atoms with Crippen LogP contribution in [0.15, 0.2) is 0 Å². The van der Waals surface area contributed by atoms with Crippen LogP contribution in [0.2, 0.25) is 0 Å². The van der Waals surface area contributed by atoms with E-state index in [1.807, 2.05) is 0 Å². The summed E-state index contributed by atoms with van der Waals surface area (Å²) in [5.74, 6) is 0. The molecule has 0 atom stereocenters. The van der Waals surface area contributed by atoms with Crippen molar-refractivity contribution in [3.8, 4) is 0 Å². The van der Waals surface area contributed by atoms with Crippen LogP contribution >= 0.6 is 0 Å². The Labute approximate surface area is 82.9 Å². The number of rotatable bonds is 0. The summed E-state index contributed by atoms with van der Waals surface area (Å²) >= 11 is 0. The second-order valence-corrected chi connectivity index (χ2v) is 0. The van der Waals surface area contributed by atoms with E-state index in [-0.39, 0.29) is 84.4 Å². The van der Waals surface area contributed by atoms with Crippen LogP contribution in [0.1, 0.15) is 0 Å². The smallest absolute Gasteiger partial charge is 0.870 e. The fourth-order valence-electron chi connectivity index (χ4n) is 0. The normalized spacial score (nSPS) is 0. The molecule has 0 aliphatic rings. The van der Waals surface area contributed by atoms with Gasteiger partial charge in [0.2, 0.25) is 0 Å². The average molecular weight is 282 g/mol.